The summed E-state index contributed by atoms with van der Waals surface area (Å²) in [5.74, 6) is 1.51. The highest BCUT2D eigenvalue weighted by Crippen LogP contribution is 2.25. The lowest BCUT2D eigenvalue weighted by Crippen LogP contribution is -2.39. The third kappa shape index (κ3) is 2.48. The van der Waals surface area contributed by atoms with Crippen LogP contribution in [0.2, 0.25) is 0 Å². The van der Waals surface area contributed by atoms with Gasteiger partial charge in [-0.05, 0) is 12.5 Å². The van der Waals surface area contributed by atoms with E-state index >= 15 is 0 Å². The molecule has 1 atom stereocenters. The van der Waals surface area contributed by atoms with Gasteiger partial charge in [-0.3, -0.25) is 4.90 Å². The second-order valence-corrected chi connectivity index (χ2v) is 5.84. The smallest absolute Gasteiger partial charge is 0.212 e. The molecule has 0 bridgehead atoms. The Morgan fingerprint density at radius 2 is 2.36 bits per heavy atom. The number of aromatic nitrogens is 3. The fourth-order valence-electron chi connectivity index (χ4n) is 3.21. The number of fused-ring (bicyclic) bond motifs is 1. The molecule has 0 aromatic carbocycles. The van der Waals surface area contributed by atoms with E-state index in [0.29, 0.717) is 11.9 Å². The van der Waals surface area contributed by atoms with E-state index in [9.17, 15) is 0 Å². The van der Waals surface area contributed by atoms with Gasteiger partial charge in [-0.15, -0.1) is 0 Å². The van der Waals surface area contributed by atoms with Crippen molar-refractivity contribution in [1.82, 2.24) is 19.9 Å². The lowest BCUT2D eigenvalue weighted by molar-refractivity contribution is 0.133. The van der Waals surface area contributed by atoms with Crippen LogP contribution in [0.4, 0.5) is 0 Å². The van der Waals surface area contributed by atoms with Gasteiger partial charge in [0, 0.05) is 50.0 Å². The standard InChI is InChI=1S/C16H20N4O2/c1-21-15-3-2-11(8-17-15)16-18-13-4-6-20(9-14(13)19-16)12-5-7-22-10-12/h2-3,8,12H,4-7,9-10H2,1H3,(H,18,19)/t12-/m1/s1. The van der Waals surface area contributed by atoms with Crippen molar-refractivity contribution in [2.24, 2.45) is 0 Å². The number of imidazole rings is 1. The van der Waals surface area contributed by atoms with Gasteiger partial charge in [-0.1, -0.05) is 0 Å². The molecule has 0 radical (unpaired) electrons. The van der Waals surface area contributed by atoms with Crippen LogP contribution in [0.5, 0.6) is 5.88 Å². The van der Waals surface area contributed by atoms with Gasteiger partial charge in [-0.25, -0.2) is 9.97 Å². The van der Waals surface area contributed by atoms with Gasteiger partial charge in [0.25, 0.3) is 0 Å². The molecule has 6 nitrogen and oxygen atoms in total. The minimum absolute atomic E-state index is 0.558. The molecule has 1 saturated heterocycles. The molecule has 2 aromatic heterocycles. The highest BCUT2D eigenvalue weighted by Gasteiger charge is 2.28. The number of hydrogen-bond acceptors (Lipinski definition) is 5. The zero-order valence-electron chi connectivity index (χ0n) is 12.7. The van der Waals surface area contributed by atoms with E-state index in [1.165, 1.54) is 11.4 Å². The van der Waals surface area contributed by atoms with Crippen LogP contribution in [-0.4, -0.2) is 52.8 Å². The van der Waals surface area contributed by atoms with Gasteiger partial charge >= 0.3 is 0 Å². The van der Waals surface area contributed by atoms with E-state index in [1.54, 1.807) is 13.3 Å². The van der Waals surface area contributed by atoms with Gasteiger partial charge in [-0.2, -0.15) is 0 Å². The number of hydrogen-bond donors (Lipinski definition) is 1. The number of aromatic amines is 1. The van der Waals surface area contributed by atoms with Gasteiger partial charge in [0.05, 0.1) is 25.1 Å². The Bertz CT molecular complexity index is 647. The van der Waals surface area contributed by atoms with Crippen molar-refractivity contribution in [3.8, 4) is 17.3 Å². The molecule has 4 heterocycles. The SMILES string of the molecule is COc1ccc(-c2nc3c([nH]2)CN([C@@H]2CCOC2)CC3)cn1. The molecular weight excluding hydrogens is 280 g/mol. The Morgan fingerprint density at radius 1 is 1.41 bits per heavy atom. The average molecular weight is 300 g/mol. The highest BCUT2D eigenvalue weighted by atomic mass is 16.5. The number of H-pyrrole nitrogens is 1. The lowest BCUT2D eigenvalue weighted by atomic mass is 10.1. The number of nitrogens with one attached hydrogen (secondary N) is 1. The molecule has 2 aliphatic rings. The van der Waals surface area contributed by atoms with Crippen LogP contribution in [0.25, 0.3) is 11.4 Å². The van der Waals surface area contributed by atoms with Gasteiger partial charge in [0.2, 0.25) is 5.88 Å². The van der Waals surface area contributed by atoms with Crippen LogP contribution >= 0.6 is 0 Å². The maximum atomic E-state index is 5.51. The van der Waals surface area contributed by atoms with Gasteiger partial charge < -0.3 is 14.5 Å². The summed E-state index contributed by atoms with van der Waals surface area (Å²) in [6.45, 7) is 3.74. The summed E-state index contributed by atoms with van der Waals surface area (Å²) < 4.78 is 10.6. The third-order valence-electron chi connectivity index (χ3n) is 4.50. The molecule has 0 saturated carbocycles. The minimum atomic E-state index is 0.558. The number of ether oxygens (including phenoxy) is 2. The summed E-state index contributed by atoms with van der Waals surface area (Å²) in [7, 11) is 1.62. The van der Waals surface area contributed by atoms with Crippen LogP contribution in [-0.2, 0) is 17.7 Å². The first-order valence-corrected chi connectivity index (χ1v) is 7.73. The third-order valence-corrected chi connectivity index (χ3v) is 4.50. The Kier molecular flexibility index (Phi) is 3.56. The summed E-state index contributed by atoms with van der Waals surface area (Å²) in [6, 6.07) is 4.40. The molecular formula is C16H20N4O2. The van der Waals surface area contributed by atoms with E-state index in [4.69, 9.17) is 14.5 Å². The number of methoxy groups -OCH3 is 1. The molecule has 116 valence electrons. The van der Waals surface area contributed by atoms with Crippen molar-refractivity contribution < 1.29 is 9.47 Å². The molecule has 1 fully saturated rings. The van der Waals surface area contributed by atoms with Crippen LogP contribution in [0, 0.1) is 0 Å². The minimum Gasteiger partial charge on any atom is -0.481 e. The quantitative estimate of drug-likeness (QED) is 0.933. The molecule has 0 unspecified atom stereocenters. The summed E-state index contributed by atoms with van der Waals surface area (Å²) >= 11 is 0. The predicted octanol–water partition coefficient (Wildman–Crippen LogP) is 1.63. The molecule has 4 rings (SSSR count). The average Bonchev–Trinajstić information content (AvgIpc) is 3.23. The van der Waals surface area contributed by atoms with E-state index in [-0.39, 0.29) is 0 Å². The Balaban J connectivity index is 1.55. The van der Waals surface area contributed by atoms with E-state index in [1.807, 2.05) is 12.1 Å². The number of rotatable bonds is 3. The lowest BCUT2D eigenvalue weighted by Gasteiger charge is -2.30. The number of pyridine rings is 1. The van der Waals surface area contributed by atoms with Crippen LogP contribution in [0.3, 0.4) is 0 Å². The number of nitrogens with zero attached hydrogens (tertiary/aromatic N) is 3. The molecule has 2 aliphatic heterocycles. The molecule has 0 amide bonds. The maximum absolute atomic E-state index is 5.51. The normalized spacial score (nSPS) is 21.8. The van der Waals surface area contributed by atoms with Crippen molar-refractivity contribution in [2.45, 2.75) is 25.4 Å². The Hall–Kier alpha value is -1.92. The molecule has 2 aromatic rings. The topological polar surface area (TPSA) is 63.3 Å². The van der Waals surface area contributed by atoms with Crippen molar-refractivity contribution in [2.75, 3.05) is 26.9 Å². The monoisotopic (exact) mass is 300 g/mol. The van der Waals surface area contributed by atoms with Crippen molar-refractivity contribution in [1.29, 1.82) is 0 Å². The van der Waals surface area contributed by atoms with Crippen molar-refractivity contribution in [3.63, 3.8) is 0 Å². The van der Waals surface area contributed by atoms with Crippen molar-refractivity contribution >= 4 is 0 Å². The molecule has 6 heteroatoms. The van der Waals surface area contributed by atoms with E-state index in [0.717, 1.165) is 50.5 Å². The Morgan fingerprint density at radius 3 is 3.09 bits per heavy atom. The molecule has 1 N–H and O–H groups in total. The van der Waals surface area contributed by atoms with Gasteiger partial charge in [0.1, 0.15) is 5.82 Å². The van der Waals surface area contributed by atoms with E-state index < -0.39 is 0 Å². The zero-order valence-corrected chi connectivity index (χ0v) is 12.7. The first kappa shape index (κ1) is 13.7. The highest BCUT2D eigenvalue weighted by molar-refractivity contribution is 5.55. The molecule has 22 heavy (non-hydrogen) atoms. The predicted molar refractivity (Wildman–Crippen MR) is 81.7 cm³/mol. The van der Waals surface area contributed by atoms with Crippen LogP contribution < -0.4 is 4.74 Å². The van der Waals surface area contributed by atoms with Gasteiger partial charge in [0.15, 0.2) is 0 Å². The summed E-state index contributed by atoms with van der Waals surface area (Å²) in [5.41, 5.74) is 3.40. The fraction of sp³-hybridized carbons (Fsp3) is 0.500. The summed E-state index contributed by atoms with van der Waals surface area (Å²) in [6.07, 6.45) is 3.93. The summed E-state index contributed by atoms with van der Waals surface area (Å²) in [5, 5.41) is 0. The first-order valence-electron chi connectivity index (χ1n) is 7.73. The zero-order chi connectivity index (χ0) is 14.9. The Labute approximate surface area is 129 Å². The molecule has 0 spiro atoms. The van der Waals surface area contributed by atoms with E-state index in [2.05, 4.69) is 14.9 Å². The molecule has 0 aliphatic carbocycles. The van der Waals surface area contributed by atoms with Crippen LogP contribution in [0.1, 0.15) is 17.8 Å². The second-order valence-electron chi connectivity index (χ2n) is 5.84. The fourth-order valence-corrected chi connectivity index (χ4v) is 3.21. The first-order chi connectivity index (χ1) is 10.8. The maximum Gasteiger partial charge on any atom is 0.212 e. The van der Waals surface area contributed by atoms with Crippen LogP contribution in [0.15, 0.2) is 18.3 Å². The van der Waals surface area contributed by atoms with Crippen molar-refractivity contribution in [3.05, 3.63) is 29.7 Å². The summed E-state index contributed by atoms with van der Waals surface area (Å²) in [4.78, 5) is 15.0. The largest absolute Gasteiger partial charge is 0.481 e. The second kappa shape index (κ2) is 5.70.